The zero-order chi connectivity index (χ0) is 18.5. The number of hydrogen-bond donors (Lipinski definition) is 1. The zero-order valence-corrected chi connectivity index (χ0v) is 16.6. The summed E-state index contributed by atoms with van der Waals surface area (Å²) in [7, 11) is 0. The highest BCUT2D eigenvalue weighted by Crippen LogP contribution is 2.27. The van der Waals surface area contributed by atoms with Crippen LogP contribution in [0.25, 0.3) is 23.1 Å². The summed E-state index contributed by atoms with van der Waals surface area (Å²) in [5.41, 5.74) is 3.07. The van der Waals surface area contributed by atoms with Gasteiger partial charge in [0, 0.05) is 25.0 Å². The molecule has 0 radical (unpaired) electrons. The van der Waals surface area contributed by atoms with Crippen LogP contribution in [0.15, 0.2) is 46.9 Å². The van der Waals surface area contributed by atoms with E-state index in [2.05, 4.69) is 55.3 Å². The number of hydrogen-bond acceptors (Lipinski definition) is 4. The molecule has 27 heavy (non-hydrogen) atoms. The third-order valence-corrected chi connectivity index (χ3v) is 5.28. The van der Waals surface area contributed by atoms with Gasteiger partial charge in [-0.05, 0) is 45.8 Å². The van der Waals surface area contributed by atoms with E-state index in [-0.39, 0.29) is 0 Å². The van der Waals surface area contributed by atoms with Gasteiger partial charge in [-0.1, -0.05) is 30.3 Å². The smallest absolute Gasteiger partial charge is 0.133 e. The number of nitrogens with zero attached hydrogens (tertiary/aromatic N) is 2. The van der Waals surface area contributed by atoms with Gasteiger partial charge in [-0.2, -0.15) is 5.10 Å². The van der Waals surface area contributed by atoms with Gasteiger partial charge in [0.25, 0.3) is 0 Å². The van der Waals surface area contributed by atoms with Gasteiger partial charge in [-0.15, -0.1) is 0 Å². The molecule has 0 saturated carbocycles. The molecule has 1 aromatic heterocycles. The molecule has 1 fully saturated rings. The van der Waals surface area contributed by atoms with E-state index < -0.39 is 0 Å². The molecule has 1 aliphatic heterocycles. The molecule has 2 aromatic carbocycles. The van der Waals surface area contributed by atoms with E-state index in [4.69, 9.17) is 9.47 Å². The van der Waals surface area contributed by atoms with Crippen molar-refractivity contribution in [2.75, 3.05) is 39.5 Å². The lowest BCUT2D eigenvalue weighted by molar-refractivity contribution is 0.0322. The standard InChI is InChI=1S/C21H22BrN3O2/c22-18-15-16(5-7-20-17-3-1-2-4-19(17)23-24-20)6-8-21(18)27-14-11-25-9-12-26-13-10-25/h1-8,15H,9-14H2,(H,23,24). The fourth-order valence-corrected chi connectivity index (χ4v) is 3.65. The number of rotatable bonds is 6. The summed E-state index contributed by atoms with van der Waals surface area (Å²) in [4.78, 5) is 2.36. The molecule has 0 unspecified atom stereocenters. The number of H-pyrrole nitrogens is 1. The van der Waals surface area contributed by atoms with Gasteiger partial charge >= 0.3 is 0 Å². The predicted octanol–water partition coefficient (Wildman–Crippen LogP) is 4.21. The molecule has 2 heterocycles. The van der Waals surface area contributed by atoms with E-state index in [1.165, 1.54) is 0 Å². The first-order chi connectivity index (χ1) is 13.3. The van der Waals surface area contributed by atoms with Crippen molar-refractivity contribution in [3.8, 4) is 5.75 Å². The van der Waals surface area contributed by atoms with Crippen molar-refractivity contribution in [3.63, 3.8) is 0 Å². The topological polar surface area (TPSA) is 50.4 Å². The maximum absolute atomic E-state index is 5.93. The number of nitrogens with one attached hydrogen (secondary N) is 1. The SMILES string of the molecule is Brc1cc(C=Cc2n[nH]c3ccccc23)ccc1OCCN1CCOCC1. The third-order valence-electron chi connectivity index (χ3n) is 4.66. The van der Waals surface area contributed by atoms with Gasteiger partial charge < -0.3 is 9.47 Å². The molecule has 0 amide bonds. The molecule has 0 bridgehead atoms. The van der Waals surface area contributed by atoms with Crippen LogP contribution >= 0.6 is 15.9 Å². The second-order valence-electron chi connectivity index (χ2n) is 6.48. The van der Waals surface area contributed by atoms with E-state index in [1.807, 2.05) is 30.3 Å². The fraction of sp³-hybridized carbons (Fsp3) is 0.286. The Morgan fingerprint density at radius 2 is 2.00 bits per heavy atom. The molecule has 5 nitrogen and oxygen atoms in total. The first-order valence-corrected chi connectivity index (χ1v) is 9.92. The highest BCUT2D eigenvalue weighted by Gasteiger charge is 2.10. The Hall–Kier alpha value is -2.15. The van der Waals surface area contributed by atoms with Crippen molar-refractivity contribution < 1.29 is 9.47 Å². The van der Waals surface area contributed by atoms with Crippen LogP contribution in [0, 0.1) is 0 Å². The van der Waals surface area contributed by atoms with Crippen LogP contribution in [0.2, 0.25) is 0 Å². The maximum Gasteiger partial charge on any atom is 0.133 e. The monoisotopic (exact) mass is 427 g/mol. The Kier molecular flexibility index (Phi) is 5.87. The molecule has 0 aliphatic carbocycles. The number of aromatic nitrogens is 2. The van der Waals surface area contributed by atoms with Crippen LogP contribution in [0.5, 0.6) is 5.75 Å². The van der Waals surface area contributed by atoms with Crippen LogP contribution in [-0.2, 0) is 4.74 Å². The van der Waals surface area contributed by atoms with Crippen molar-refractivity contribution in [3.05, 3.63) is 58.2 Å². The van der Waals surface area contributed by atoms with Crippen LogP contribution in [0.4, 0.5) is 0 Å². The summed E-state index contributed by atoms with van der Waals surface area (Å²) in [6.07, 6.45) is 4.09. The van der Waals surface area contributed by atoms with Gasteiger partial charge in [-0.3, -0.25) is 10.00 Å². The number of halogens is 1. The van der Waals surface area contributed by atoms with E-state index in [0.717, 1.165) is 65.2 Å². The molecule has 6 heteroatoms. The Morgan fingerprint density at radius 3 is 2.85 bits per heavy atom. The number of ether oxygens (including phenoxy) is 2. The van der Waals surface area contributed by atoms with Crippen LogP contribution in [0.3, 0.4) is 0 Å². The van der Waals surface area contributed by atoms with Crippen molar-refractivity contribution in [2.24, 2.45) is 0 Å². The summed E-state index contributed by atoms with van der Waals surface area (Å²) in [5.74, 6) is 0.866. The van der Waals surface area contributed by atoms with E-state index >= 15 is 0 Å². The fourth-order valence-electron chi connectivity index (χ4n) is 3.13. The highest BCUT2D eigenvalue weighted by atomic mass is 79.9. The van der Waals surface area contributed by atoms with Crippen molar-refractivity contribution >= 4 is 39.0 Å². The lowest BCUT2D eigenvalue weighted by Gasteiger charge is -2.26. The Bertz CT molecular complexity index is 932. The van der Waals surface area contributed by atoms with Crippen LogP contribution in [0.1, 0.15) is 11.3 Å². The normalized spacial score (nSPS) is 15.6. The summed E-state index contributed by atoms with van der Waals surface area (Å²) < 4.78 is 12.3. The quantitative estimate of drug-likeness (QED) is 0.639. The maximum atomic E-state index is 5.93. The van der Waals surface area contributed by atoms with E-state index in [9.17, 15) is 0 Å². The van der Waals surface area contributed by atoms with Crippen LogP contribution in [-0.4, -0.2) is 54.6 Å². The van der Waals surface area contributed by atoms with Crippen LogP contribution < -0.4 is 4.74 Å². The van der Waals surface area contributed by atoms with Gasteiger partial charge in [0.2, 0.25) is 0 Å². The molecule has 0 atom stereocenters. The third kappa shape index (κ3) is 4.58. The first-order valence-electron chi connectivity index (χ1n) is 9.13. The molecular formula is C21H22BrN3O2. The predicted molar refractivity (Wildman–Crippen MR) is 112 cm³/mol. The molecule has 1 saturated heterocycles. The molecular weight excluding hydrogens is 406 g/mol. The minimum atomic E-state index is 0.674. The van der Waals surface area contributed by atoms with Gasteiger partial charge in [0.1, 0.15) is 12.4 Å². The molecule has 140 valence electrons. The number of aromatic amines is 1. The lowest BCUT2D eigenvalue weighted by atomic mass is 10.1. The Balaban J connectivity index is 1.37. The van der Waals surface area contributed by atoms with Crippen molar-refractivity contribution in [2.45, 2.75) is 0 Å². The van der Waals surface area contributed by atoms with Crippen molar-refractivity contribution in [1.82, 2.24) is 15.1 Å². The number of fused-ring (bicyclic) bond motifs is 1. The summed E-state index contributed by atoms with van der Waals surface area (Å²) in [5, 5.41) is 8.55. The molecule has 1 N–H and O–H groups in total. The number of benzene rings is 2. The summed E-state index contributed by atoms with van der Waals surface area (Å²) >= 11 is 3.62. The number of para-hydroxylation sites is 1. The minimum absolute atomic E-state index is 0.674. The Morgan fingerprint density at radius 1 is 1.15 bits per heavy atom. The van der Waals surface area contributed by atoms with Gasteiger partial charge in [-0.25, -0.2) is 0 Å². The molecule has 4 rings (SSSR count). The summed E-state index contributed by atoms with van der Waals surface area (Å²) in [6.45, 7) is 5.19. The Labute approximate surface area is 167 Å². The molecule has 1 aliphatic rings. The van der Waals surface area contributed by atoms with E-state index in [1.54, 1.807) is 0 Å². The average Bonchev–Trinajstić information content (AvgIpc) is 3.12. The lowest BCUT2D eigenvalue weighted by Crippen LogP contribution is -2.38. The second kappa shape index (κ2) is 8.69. The number of morpholine rings is 1. The minimum Gasteiger partial charge on any atom is -0.491 e. The van der Waals surface area contributed by atoms with Crippen molar-refractivity contribution in [1.29, 1.82) is 0 Å². The summed E-state index contributed by atoms with van der Waals surface area (Å²) in [6, 6.07) is 14.2. The zero-order valence-electron chi connectivity index (χ0n) is 15.0. The molecule has 0 spiro atoms. The van der Waals surface area contributed by atoms with Gasteiger partial charge in [0.05, 0.1) is 28.9 Å². The van der Waals surface area contributed by atoms with Gasteiger partial charge in [0.15, 0.2) is 0 Å². The molecule has 3 aromatic rings. The second-order valence-corrected chi connectivity index (χ2v) is 7.33. The largest absolute Gasteiger partial charge is 0.491 e. The first kappa shape index (κ1) is 18.2. The highest BCUT2D eigenvalue weighted by molar-refractivity contribution is 9.10. The van der Waals surface area contributed by atoms with E-state index in [0.29, 0.717) is 6.61 Å². The average molecular weight is 428 g/mol.